The topological polar surface area (TPSA) is 75.3 Å². The lowest BCUT2D eigenvalue weighted by Gasteiger charge is -2.28. The van der Waals surface area contributed by atoms with E-state index >= 15 is 0 Å². The highest BCUT2D eigenvalue weighted by Gasteiger charge is 2.32. The van der Waals surface area contributed by atoms with Crippen LogP contribution >= 0.6 is 0 Å². The van der Waals surface area contributed by atoms with E-state index in [9.17, 15) is 5.11 Å². The van der Waals surface area contributed by atoms with Crippen molar-refractivity contribution >= 4 is 5.82 Å². The van der Waals surface area contributed by atoms with E-state index in [1.807, 2.05) is 7.05 Å². The maximum Gasteiger partial charge on any atom is 0.141 e. The summed E-state index contributed by atoms with van der Waals surface area (Å²) in [4.78, 5) is 10.3. The zero-order valence-corrected chi connectivity index (χ0v) is 10.3. The van der Waals surface area contributed by atoms with E-state index in [2.05, 4.69) is 14.9 Å². The van der Waals surface area contributed by atoms with E-state index in [1.165, 1.54) is 0 Å². The maximum absolute atomic E-state index is 10.3. The first kappa shape index (κ1) is 12.3. The molecular weight excluding hydrogens is 216 g/mol. The average molecular weight is 236 g/mol. The van der Waals surface area contributed by atoms with Crippen molar-refractivity contribution in [2.24, 2.45) is 0 Å². The van der Waals surface area contributed by atoms with Crippen LogP contribution in [0.3, 0.4) is 0 Å². The predicted octanol–water partition coefficient (Wildman–Crippen LogP) is 0.796. The van der Waals surface area contributed by atoms with Crippen LogP contribution in [0.2, 0.25) is 0 Å². The summed E-state index contributed by atoms with van der Waals surface area (Å²) in [6.07, 6.45) is 7.32. The highest BCUT2D eigenvalue weighted by molar-refractivity contribution is 5.22. The summed E-state index contributed by atoms with van der Waals surface area (Å²) < 4.78 is 0. The lowest BCUT2D eigenvalue weighted by Crippen LogP contribution is -2.38. The summed E-state index contributed by atoms with van der Waals surface area (Å²) in [6.45, 7) is 1.38. The molecule has 1 aromatic rings. The third-order valence-electron chi connectivity index (χ3n) is 3.26. The van der Waals surface area contributed by atoms with Crippen LogP contribution in [-0.2, 0) is 6.54 Å². The van der Waals surface area contributed by atoms with Gasteiger partial charge >= 0.3 is 0 Å². The second-order valence-electron chi connectivity index (χ2n) is 5.04. The van der Waals surface area contributed by atoms with E-state index in [0.29, 0.717) is 18.9 Å². The van der Waals surface area contributed by atoms with Gasteiger partial charge in [0.25, 0.3) is 0 Å². The Morgan fingerprint density at radius 3 is 2.65 bits per heavy atom. The normalized spacial score (nSPS) is 18.8. The van der Waals surface area contributed by atoms with Gasteiger partial charge in [0, 0.05) is 13.1 Å². The number of nitrogens with two attached hydrogens (primary N) is 1. The van der Waals surface area contributed by atoms with Crippen molar-refractivity contribution in [2.45, 2.75) is 37.8 Å². The van der Waals surface area contributed by atoms with E-state index in [0.717, 1.165) is 31.4 Å². The molecule has 0 radical (unpaired) electrons. The molecule has 0 saturated heterocycles. The first-order chi connectivity index (χ1) is 8.07. The lowest BCUT2D eigenvalue weighted by atomic mass is 10.0. The number of hydrogen-bond acceptors (Lipinski definition) is 5. The molecule has 0 bridgehead atoms. The van der Waals surface area contributed by atoms with Gasteiger partial charge in [0.2, 0.25) is 0 Å². The highest BCUT2D eigenvalue weighted by Crippen LogP contribution is 2.30. The van der Waals surface area contributed by atoms with Gasteiger partial charge in [-0.05, 0) is 19.9 Å². The smallest absolute Gasteiger partial charge is 0.141 e. The molecule has 0 unspecified atom stereocenters. The SMILES string of the molecule is CN(Cc1cnc(N)cn1)CC1(O)CCCC1. The van der Waals surface area contributed by atoms with Crippen molar-refractivity contribution in [3.8, 4) is 0 Å². The lowest BCUT2D eigenvalue weighted by molar-refractivity contribution is 0.0142. The Morgan fingerprint density at radius 1 is 1.35 bits per heavy atom. The van der Waals surface area contributed by atoms with Gasteiger partial charge in [-0.15, -0.1) is 0 Å². The Kier molecular flexibility index (Phi) is 3.59. The molecule has 1 aliphatic carbocycles. The molecule has 17 heavy (non-hydrogen) atoms. The molecule has 2 rings (SSSR count). The number of aromatic nitrogens is 2. The van der Waals surface area contributed by atoms with E-state index < -0.39 is 5.60 Å². The minimum Gasteiger partial charge on any atom is -0.389 e. The van der Waals surface area contributed by atoms with Gasteiger partial charge in [-0.2, -0.15) is 0 Å². The summed E-state index contributed by atoms with van der Waals surface area (Å²) in [7, 11) is 1.99. The minimum absolute atomic E-state index is 0.436. The van der Waals surface area contributed by atoms with Crippen molar-refractivity contribution in [2.75, 3.05) is 19.3 Å². The van der Waals surface area contributed by atoms with E-state index in [1.54, 1.807) is 12.4 Å². The Balaban J connectivity index is 1.88. The fraction of sp³-hybridized carbons (Fsp3) is 0.667. The molecule has 0 amide bonds. The molecule has 0 aromatic carbocycles. The zero-order chi connectivity index (χ0) is 12.3. The van der Waals surface area contributed by atoms with Crippen LogP contribution in [0.15, 0.2) is 12.4 Å². The standard InChI is InChI=1S/C12H20N4O/c1-16(9-12(17)4-2-3-5-12)8-10-6-15-11(13)7-14-10/h6-7,17H,2-5,8-9H2,1H3,(H2,13,15). The van der Waals surface area contributed by atoms with Gasteiger partial charge in [-0.1, -0.05) is 12.8 Å². The van der Waals surface area contributed by atoms with Crippen molar-refractivity contribution in [1.82, 2.24) is 14.9 Å². The molecule has 1 aliphatic rings. The third kappa shape index (κ3) is 3.38. The monoisotopic (exact) mass is 236 g/mol. The summed E-state index contributed by atoms with van der Waals surface area (Å²) in [5.41, 5.74) is 5.86. The average Bonchev–Trinajstić information content (AvgIpc) is 2.68. The fourth-order valence-electron chi connectivity index (χ4n) is 2.47. The number of nitrogen functional groups attached to an aromatic ring is 1. The van der Waals surface area contributed by atoms with Gasteiger partial charge < -0.3 is 10.8 Å². The maximum atomic E-state index is 10.3. The molecule has 0 spiro atoms. The Bertz CT molecular complexity index is 359. The van der Waals surface area contributed by atoms with Crippen LogP contribution in [0.5, 0.6) is 0 Å². The molecule has 5 heteroatoms. The Labute approximate surface area is 102 Å². The Hall–Kier alpha value is -1.20. The van der Waals surface area contributed by atoms with Gasteiger partial charge in [-0.25, -0.2) is 4.98 Å². The minimum atomic E-state index is -0.504. The molecule has 94 valence electrons. The highest BCUT2D eigenvalue weighted by atomic mass is 16.3. The first-order valence-electron chi connectivity index (χ1n) is 6.05. The quantitative estimate of drug-likeness (QED) is 0.808. The molecule has 1 fully saturated rings. The summed E-state index contributed by atoms with van der Waals surface area (Å²) >= 11 is 0. The van der Waals surface area contributed by atoms with Crippen molar-refractivity contribution in [3.63, 3.8) is 0 Å². The van der Waals surface area contributed by atoms with Gasteiger partial charge in [0.15, 0.2) is 0 Å². The van der Waals surface area contributed by atoms with Crippen molar-refractivity contribution in [3.05, 3.63) is 18.1 Å². The molecule has 5 nitrogen and oxygen atoms in total. The second-order valence-corrected chi connectivity index (χ2v) is 5.04. The summed E-state index contributed by atoms with van der Waals surface area (Å²) in [5.74, 6) is 0.436. The molecule has 1 saturated carbocycles. The van der Waals surface area contributed by atoms with Crippen LogP contribution in [0.4, 0.5) is 5.82 Å². The van der Waals surface area contributed by atoms with Crippen LogP contribution in [0.25, 0.3) is 0 Å². The first-order valence-corrected chi connectivity index (χ1v) is 6.05. The summed E-state index contributed by atoms with van der Waals surface area (Å²) in [6, 6.07) is 0. The van der Waals surface area contributed by atoms with Crippen molar-refractivity contribution < 1.29 is 5.11 Å². The molecule has 1 heterocycles. The molecule has 0 aliphatic heterocycles. The number of aliphatic hydroxyl groups is 1. The van der Waals surface area contributed by atoms with E-state index in [4.69, 9.17) is 5.73 Å². The zero-order valence-electron chi connectivity index (χ0n) is 10.3. The number of nitrogens with zero attached hydrogens (tertiary/aromatic N) is 3. The summed E-state index contributed by atoms with van der Waals surface area (Å²) in [5, 5.41) is 10.3. The van der Waals surface area contributed by atoms with E-state index in [-0.39, 0.29) is 0 Å². The van der Waals surface area contributed by atoms with Crippen LogP contribution in [-0.4, -0.2) is 39.2 Å². The Morgan fingerprint density at radius 2 is 2.06 bits per heavy atom. The number of likely N-dealkylation sites (N-methyl/N-ethyl adjacent to an activating group) is 1. The fourth-order valence-corrected chi connectivity index (χ4v) is 2.47. The van der Waals surface area contributed by atoms with Crippen molar-refractivity contribution in [1.29, 1.82) is 0 Å². The van der Waals surface area contributed by atoms with Gasteiger partial charge in [0.1, 0.15) is 5.82 Å². The van der Waals surface area contributed by atoms with Crippen LogP contribution in [0, 0.1) is 0 Å². The third-order valence-corrected chi connectivity index (χ3v) is 3.26. The van der Waals surface area contributed by atoms with Crippen LogP contribution in [0.1, 0.15) is 31.4 Å². The van der Waals surface area contributed by atoms with Crippen LogP contribution < -0.4 is 5.73 Å². The largest absolute Gasteiger partial charge is 0.389 e. The molecule has 1 aromatic heterocycles. The molecular formula is C12H20N4O. The number of rotatable bonds is 4. The molecule has 3 N–H and O–H groups in total. The predicted molar refractivity (Wildman–Crippen MR) is 66.2 cm³/mol. The van der Waals surface area contributed by atoms with Gasteiger partial charge in [0.05, 0.1) is 23.7 Å². The molecule has 0 atom stereocenters. The number of anilines is 1. The second kappa shape index (κ2) is 4.98. The van der Waals surface area contributed by atoms with Gasteiger partial charge in [-0.3, -0.25) is 9.88 Å². The number of hydrogen-bond donors (Lipinski definition) is 2.